The molecule has 2 aliphatic heterocycles. The number of Topliss-reactive ketones (excluding diaryl/α,β-unsaturated/α-hetero) is 1. The van der Waals surface area contributed by atoms with Crippen molar-refractivity contribution in [3.63, 3.8) is 0 Å². The van der Waals surface area contributed by atoms with Gasteiger partial charge in [0.2, 0.25) is 0 Å². The second-order valence-corrected chi connectivity index (χ2v) is 12.5. The SMILES string of the molecule is C=P(C)(C)CC[C@H]1O[C@@H](N2C=C(C(OC(=O)C(F)(F)F)C(C)=O)C(=O)NC2)[C@H](O)[C@@H]1O. The van der Waals surface area contributed by atoms with Crippen molar-refractivity contribution in [1.82, 2.24) is 10.2 Å². The standard InChI is InChI=1S/C18H26F3N2O7P/c1-9(24)14(30-17(28)18(19,20)21)10-7-23(8-22-15(10)27)16-13(26)12(25)11(29-16)5-6-31(2,3)4/h7,11-14,16,25-26H,2,5-6,8H2,1,3-4H3,(H,22,27)/t11-,12-,13-,14?,16-/m1/s1. The number of nitrogens with zero attached hydrogens (tertiary/aromatic N) is 1. The van der Waals surface area contributed by atoms with Gasteiger partial charge in [0, 0.05) is 6.20 Å². The first-order valence-corrected chi connectivity index (χ1v) is 12.4. The molecule has 0 bridgehead atoms. The third-order valence-corrected chi connectivity index (χ3v) is 6.25. The molecule has 176 valence electrons. The molecule has 9 nitrogen and oxygen atoms in total. The number of esters is 1. The Balaban J connectivity index is 2.24. The molecule has 3 N–H and O–H groups in total. The molecular formula is C18H26F3N2O7P. The summed E-state index contributed by atoms with van der Waals surface area (Å²) in [5, 5.41) is 23.0. The quantitative estimate of drug-likeness (QED) is 0.347. The zero-order valence-electron chi connectivity index (χ0n) is 17.3. The Labute approximate surface area is 177 Å². The number of carbonyl (C=O) groups is 3. The normalized spacial score (nSPS) is 28.1. The van der Waals surface area contributed by atoms with E-state index in [0.29, 0.717) is 12.6 Å². The zero-order valence-corrected chi connectivity index (χ0v) is 18.2. The number of carbonyl (C=O) groups excluding carboxylic acids is 3. The number of nitrogens with one attached hydrogen (secondary N) is 1. The van der Waals surface area contributed by atoms with Crippen molar-refractivity contribution in [2.45, 2.75) is 50.2 Å². The van der Waals surface area contributed by atoms with Crippen LogP contribution < -0.4 is 5.32 Å². The zero-order chi connectivity index (χ0) is 23.7. The van der Waals surface area contributed by atoms with Gasteiger partial charge in [-0.25, -0.2) is 4.79 Å². The summed E-state index contributed by atoms with van der Waals surface area (Å²) in [6.07, 6.45) is -5.78. The lowest BCUT2D eigenvalue weighted by molar-refractivity contribution is -0.203. The molecule has 5 atom stereocenters. The lowest BCUT2D eigenvalue weighted by atomic mass is 10.0. The predicted molar refractivity (Wildman–Crippen MR) is 106 cm³/mol. The third kappa shape index (κ3) is 6.31. The van der Waals surface area contributed by atoms with Crippen LogP contribution in [-0.2, 0) is 23.9 Å². The van der Waals surface area contributed by atoms with Crippen molar-refractivity contribution >= 4 is 30.8 Å². The van der Waals surface area contributed by atoms with Gasteiger partial charge in [0.25, 0.3) is 5.91 Å². The van der Waals surface area contributed by atoms with Crippen LogP contribution in [0.25, 0.3) is 0 Å². The lowest BCUT2D eigenvalue weighted by Crippen LogP contribution is -2.52. The maximum absolute atomic E-state index is 12.6. The summed E-state index contributed by atoms with van der Waals surface area (Å²) in [4.78, 5) is 36.4. The highest BCUT2D eigenvalue weighted by atomic mass is 31.2. The Morgan fingerprint density at radius 1 is 1.39 bits per heavy atom. The number of aliphatic hydroxyl groups excluding tert-OH is 2. The Bertz CT molecular complexity index is 810. The van der Waals surface area contributed by atoms with Crippen molar-refractivity contribution in [3.05, 3.63) is 11.8 Å². The number of amides is 1. The Hall–Kier alpha value is -1.88. The minimum atomic E-state index is -5.36. The van der Waals surface area contributed by atoms with E-state index in [1.54, 1.807) is 0 Å². The van der Waals surface area contributed by atoms with Crippen LogP contribution in [0.3, 0.4) is 0 Å². The van der Waals surface area contributed by atoms with Crippen LogP contribution >= 0.6 is 6.89 Å². The molecular weight excluding hydrogens is 444 g/mol. The minimum absolute atomic E-state index is 0.213. The summed E-state index contributed by atoms with van der Waals surface area (Å²) in [5.41, 5.74) is -0.560. The monoisotopic (exact) mass is 470 g/mol. The van der Waals surface area contributed by atoms with E-state index in [1.165, 1.54) is 4.90 Å². The summed E-state index contributed by atoms with van der Waals surface area (Å²) in [6, 6.07) is 0. The topological polar surface area (TPSA) is 125 Å². The van der Waals surface area contributed by atoms with E-state index in [4.69, 9.17) is 4.74 Å². The highest BCUT2D eigenvalue weighted by Crippen LogP contribution is 2.38. The second-order valence-electron chi connectivity index (χ2n) is 8.15. The summed E-state index contributed by atoms with van der Waals surface area (Å²) >= 11 is 0. The fraction of sp³-hybridized carbons (Fsp3) is 0.667. The molecule has 13 heteroatoms. The van der Waals surface area contributed by atoms with Crippen molar-refractivity contribution in [1.29, 1.82) is 0 Å². The Kier molecular flexibility index (Phi) is 7.63. The Morgan fingerprint density at radius 2 is 2.00 bits per heavy atom. The first kappa shape index (κ1) is 25.4. The molecule has 1 amide bonds. The van der Waals surface area contributed by atoms with Crippen LogP contribution in [0.2, 0.25) is 0 Å². The van der Waals surface area contributed by atoms with Crippen molar-refractivity contribution in [2.75, 3.05) is 26.2 Å². The number of alkyl halides is 3. The van der Waals surface area contributed by atoms with Crippen LogP contribution in [0.1, 0.15) is 13.3 Å². The summed E-state index contributed by atoms with van der Waals surface area (Å²) in [5.74, 6) is -4.54. The van der Waals surface area contributed by atoms with Gasteiger partial charge in [0.1, 0.15) is 12.2 Å². The average Bonchev–Trinajstić information content (AvgIpc) is 2.92. The lowest BCUT2D eigenvalue weighted by Gasteiger charge is -2.34. The van der Waals surface area contributed by atoms with Crippen molar-refractivity contribution in [3.8, 4) is 0 Å². The van der Waals surface area contributed by atoms with E-state index in [-0.39, 0.29) is 6.67 Å². The molecule has 0 aliphatic carbocycles. The molecule has 0 aromatic rings. The number of halogens is 3. The number of ether oxygens (including phenoxy) is 2. The Morgan fingerprint density at radius 3 is 2.52 bits per heavy atom. The summed E-state index contributed by atoms with van der Waals surface area (Å²) in [7, 11) is 0. The van der Waals surface area contributed by atoms with Gasteiger partial charge in [-0.15, -0.1) is 13.2 Å². The molecule has 2 aliphatic rings. The van der Waals surface area contributed by atoms with Crippen LogP contribution in [0.5, 0.6) is 0 Å². The number of aliphatic hydroxyl groups is 2. The molecule has 2 rings (SSSR count). The fourth-order valence-corrected chi connectivity index (χ4v) is 4.11. The molecule has 2 heterocycles. The third-order valence-electron chi connectivity index (χ3n) is 4.78. The molecule has 0 saturated carbocycles. The van der Waals surface area contributed by atoms with Gasteiger partial charge in [0.05, 0.1) is 18.3 Å². The smallest absolute Gasteiger partial charge is 0.442 e. The van der Waals surface area contributed by atoms with E-state index in [2.05, 4.69) is 16.4 Å². The molecule has 31 heavy (non-hydrogen) atoms. The van der Waals surface area contributed by atoms with E-state index >= 15 is 0 Å². The maximum atomic E-state index is 12.6. The molecule has 1 fully saturated rings. The van der Waals surface area contributed by atoms with Gasteiger partial charge >= 0.3 is 12.1 Å². The first-order valence-electron chi connectivity index (χ1n) is 9.34. The van der Waals surface area contributed by atoms with E-state index < -0.39 is 66.9 Å². The molecule has 0 spiro atoms. The summed E-state index contributed by atoms with van der Waals surface area (Å²) < 4.78 is 47.6. The highest BCUT2D eigenvalue weighted by molar-refractivity contribution is 7.72. The second kappa shape index (κ2) is 9.32. The van der Waals surface area contributed by atoms with Gasteiger partial charge in [-0.3, -0.25) is 9.59 Å². The fourth-order valence-electron chi connectivity index (χ4n) is 3.16. The number of ketones is 1. The van der Waals surface area contributed by atoms with Crippen LogP contribution in [0, 0.1) is 0 Å². The van der Waals surface area contributed by atoms with E-state index in [0.717, 1.165) is 13.1 Å². The van der Waals surface area contributed by atoms with Crippen molar-refractivity contribution in [2.24, 2.45) is 0 Å². The molecule has 1 unspecified atom stereocenters. The van der Waals surface area contributed by atoms with Gasteiger partial charge in [-0.05, 0) is 32.8 Å². The van der Waals surface area contributed by atoms with Gasteiger partial charge in [-0.2, -0.15) is 13.2 Å². The molecule has 0 radical (unpaired) electrons. The number of rotatable bonds is 7. The van der Waals surface area contributed by atoms with E-state index in [9.17, 15) is 37.8 Å². The van der Waals surface area contributed by atoms with Crippen molar-refractivity contribution < 1.29 is 47.2 Å². The van der Waals surface area contributed by atoms with Gasteiger partial charge < -0.3 is 29.9 Å². The molecule has 0 aromatic heterocycles. The minimum Gasteiger partial charge on any atom is -0.442 e. The summed E-state index contributed by atoms with van der Waals surface area (Å²) in [6.45, 7) is 3.24. The highest BCUT2D eigenvalue weighted by Gasteiger charge is 2.47. The van der Waals surface area contributed by atoms with Crippen LogP contribution in [-0.4, -0.2) is 102 Å². The number of hydrogen-bond acceptors (Lipinski definition) is 8. The number of hydrogen-bond donors (Lipinski definition) is 3. The van der Waals surface area contributed by atoms with E-state index in [1.807, 2.05) is 13.3 Å². The maximum Gasteiger partial charge on any atom is 0.490 e. The van der Waals surface area contributed by atoms with Crippen LogP contribution in [0.15, 0.2) is 11.8 Å². The largest absolute Gasteiger partial charge is 0.490 e. The average molecular weight is 470 g/mol. The van der Waals surface area contributed by atoms with Gasteiger partial charge in [0.15, 0.2) is 18.1 Å². The van der Waals surface area contributed by atoms with Gasteiger partial charge in [-0.1, -0.05) is 0 Å². The molecule has 1 saturated heterocycles. The first-order chi connectivity index (χ1) is 14.1. The van der Waals surface area contributed by atoms with Crippen LogP contribution in [0.4, 0.5) is 13.2 Å². The predicted octanol–water partition coefficient (Wildman–Crippen LogP) is -0.131. The molecule has 0 aromatic carbocycles.